The predicted octanol–water partition coefficient (Wildman–Crippen LogP) is 4.07. The van der Waals surface area contributed by atoms with E-state index in [1.54, 1.807) is 6.92 Å². The number of carboxylic acids is 1. The van der Waals surface area contributed by atoms with E-state index in [-0.39, 0.29) is 0 Å². The van der Waals surface area contributed by atoms with Crippen LogP contribution in [0.4, 0.5) is 0 Å². The normalized spacial score (nSPS) is 12.0. The topological polar surface area (TPSA) is 46.5 Å². The van der Waals surface area contributed by atoms with Gasteiger partial charge in [-0.25, -0.2) is 0 Å². The van der Waals surface area contributed by atoms with Crippen molar-refractivity contribution in [1.82, 2.24) is 0 Å². The Morgan fingerprint density at radius 3 is 2.33 bits per heavy atom. The molecule has 0 radical (unpaired) electrons. The quantitative estimate of drug-likeness (QED) is 0.900. The highest BCUT2D eigenvalue weighted by Gasteiger charge is 2.12. The van der Waals surface area contributed by atoms with Crippen molar-refractivity contribution in [3.8, 4) is 5.75 Å². The largest absolute Gasteiger partial charge is 0.489 e. The highest BCUT2D eigenvalue weighted by Crippen LogP contribution is 2.19. The summed E-state index contributed by atoms with van der Waals surface area (Å²) in [6, 6.07) is 13.5. The lowest BCUT2D eigenvalue weighted by Gasteiger charge is -2.10. The zero-order valence-corrected chi connectivity index (χ0v) is 12.6. The van der Waals surface area contributed by atoms with Crippen molar-refractivity contribution < 1.29 is 14.6 Å². The van der Waals surface area contributed by atoms with Gasteiger partial charge in [-0.1, -0.05) is 30.3 Å². The van der Waals surface area contributed by atoms with E-state index in [1.807, 2.05) is 42.5 Å². The predicted molar refractivity (Wildman–Crippen MR) is 82.7 cm³/mol. The van der Waals surface area contributed by atoms with E-state index in [2.05, 4.69) is 13.8 Å². The molecular weight excluding hydrogens is 264 g/mol. The van der Waals surface area contributed by atoms with E-state index in [1.165, 1.54) is 11.1 Å². The maximum atomic E-state index is 10.9. The molecule has 0 aromatic heterocycles. The summed E-state index contributed by atoms with van der Waals surface area (Å²) in [5.41, 5.74) is 4.28. The van der Waals surface area contributed by atoms with Gasteiger partial charge in [0.1, 0.15) is 12.4 Å². The summed E-state index contributed by atoms with van der Waals surface area (Å²) in [6.07, 6.45) is 0. The van der Waals surface area contributed by atoms with Crippen molar-refractivity contribution in [2.45, 2.75) is 33.3 Å². The number of hydrogen-bond acceptors (Lipinski definition) is 2. The van der Waals surface area contributed by atoms with Crippen molar-refractivity contribution in [2.75, 3.05) is 0 Å². The summed E-state index contributed by atoms with van der Waals surface area (Å²) in [5.74, 6) is -0.449. The summed E-state index contributed by atoms with van der Waals surface area (Å²) in [4.78, 5) is 10.9. The fourth-order valence-electron chi connectivity index (χ4n) is 2.02. The lowest BCUT2D eigenvalue weighted by atomic mass is 10.0. The number of carboxylic acid groups (broad SMARTS) is 1. The lowest BCUT2D eigenvalue weighted by molar-refractivity contribution is -0.138. The highest BCUT2D eigenvalue weighted by atomic mass is 16.5. The zero-order valence-electron chi connectivity index (χ0n) is 12.6. The molecule has 0 fully saturated rings. The maximum absolute atomic E-state index is 10.9. The summed E-state index contributed by atoms with van der Waals surface area (Å²) < 4.78 is 5.76. The number of aryl methyl sites for hydroxylation is 2. The van der Waals surface area contributed by atoms with Gasteiger partial charge in [0.2, 0.25) is 0 Å². The first-order valence-electron chi connectivity index (χ1n) is 6.99. The second kappa shape index (κ2) is 6.44. The van der Waals surface area contributed by atoms with Gasteiger partial charge in [0, 0.05) is 0 Å². The summed E-state index contributed by atoms with van der Waals surface area (Å²) in [6.45, 7) is 6.29. The average molecular weight is 284 g/mol. The Balaban J connectivity index is 2.00. The molecule has 0 saturated carbocycles. The molecule has 2 aromatic carbocycles. The first kappa shape index (κ1) is 15.1. The number of benzene rings is 2. The third kappa shape index (κ3) is 3.85. The van der Waals surface area contributed by atoms with Crippen molar-refractivity contribution in [1.29, 1.82) is 0 Å². The minimum absolute atomic E-state index is 0.476. The second-order valence-electron chi connectivity index (χ2n) is 5.34. The zero-order chi connectivity index (χ0) is 15.4. The number of aliphatic carboxylic acids is 1. The van der Waals surface area contributed by atoms with Crippen LogP contribution in [0.2, 0.25) is 0 Å². The highest BCUT2D eigenvalue weighted by molar-refractivity contribution is 5.75. The summed E-state index contributed by atoms with van der Waals surface area (Å²) >= 11 is 0. The van der Waals surface area contributed by atoms with Crippen molar-refractivity contribution >= 4 is 5.97 Å². The monoisotopic (exact) mass is 284 g/mol. The van der Waals surface area contributed by atoms with Crippen LogP contribution < -0.4 is 4.74 Å². The van der Waals surface area contributed by atoms with Gasteiger partial charge in [0.25, 0.3) is 0 Å². The fourth-order valence-corrected chi connectivity index (χ4v) is 2.02. The number of carbonyl (C=O) groups is 1. The Kier molecular flexibility index (Phi) is 4.63. The molecule has 0 spiro atoms. The van der Waals surface area contributed by atoms with Crippen LogP contribution in [0.3, 0.4) is 0 Å². The fraction of sp³-hybridized carbons (Fsp3) is 0.278. The number of rotatable bonds is 5. The van der Waals surface area contributed by atoms with Gasteiger partial charge >= 0.3 is 5.97 Å². The SMILES string of the molecule is Cc1ccc(OCc2ccc(C(C)C(=O)O)cc2)cc1C. The molecule has 0 heterocycles. The third-order valence-electron chi connectivity index (χ3n) is 3.73. The molecule has 1 unspecified atom stereocenters. The van der Waals surface area contributed by atoms with Gasteiger partial charge in [-0.2, -0.15) is 0 Å². The van der Waals surface area contributed by atoms with Crippen LogP contribution in [0.5, 0.6) is 5.75 Å². The van der Waals surface area contributed by atoms with E-state index < -0.39 is 11.9 Å². The Hall–Kier alpha value is -2.29. The van der Waals surface area contributed by atoms with Crippen LogP contribution >= 0.6 is 0 Å². The van der Waals surface area contributed by atoms with E-state index in [0.717, 1.165) is 16.9 Å². The van der Waals surface area contributed by atoms with E-state index in [4.69, 9.17) is 9.84 Å². The lowest BCUT2D eigenvalue weighted by Crippen LogP contribution is -2.07. The van der Waals surface area contributed by atoms with Crippen LogP contribution in [-0.4, -0.2) is 11.1 Å². The van der Waals surface area contributed by atoms with Crippen molar-refractivity contribution in [2.24, 2.45) is 0 Å². The van der Waals surface area contributed by atoms with Crippen LogP contribution in [0, 0.1) is 13.8 Å². The van der Waals surface area contributed by atoms with Crippen molar-refractivity contribution in [3.05, 3.63) is 64.7 Å². The van der Waals surface area contributed by atoms with Crippen LogP contribution in [-0.2, 0) is 11.4 Å². The molecule has 0 amide bonds. The van der Waals surface area contributed by atoms with E-state index >= 15 is 0 Å². The molecule has 3 heteroatoms. The molecule has 1 atom stereocenters. The van der Waals surface area contributed by atoms with Gasteiger partial charge in [0.05, 0.1) is 5.92 Å². The van der Waals surface area contributed by atoms with Crippen molar-refractivity contribution in [3.63, 3.8) is 0 Å². The molecule has 110 valence electrons. The Bertz CT molecular complexity index is 629. The van der Waals surface area contributed by atoms with Gasteiger partial charge in [-0.15, -0.1) is 0 Å². The molecule has 0 bridgehead atoms. The second-order valence-corrected chi connectivity index (χ2v) is 5.34. The molecule has 1 N–H and O–H groups in total. The van der Waals surface area contributed by atoms with Gasteiger partial charge < -0.3 is 9.84 Å². The summed E-state index contributed by atoms with van der Waals surface area (Å²) in [7, 11) is 0. The number of hydrogen-bond donors (Lipinski definition) is 1. The standard InChI is InChI=1S/C18H20O3/c1-12-4-9-17(10-13(12)2)21-11-15-5-7-16(8-6-15)14(3)18(19)20/h4-10,14H,11H2,1-3H3,(H,19,20). The number of ether oxygens (including phenoxy) is 1. The summed E-state index contributed by atoms with van der Waals surface area (Å²) in [5, 5.41) is 8.98. The maximum Gasteiger partial charge on any atom is 0.310 e. The Labute approximate surface area is 125 Å². The molecule has 0 aliphatic heterocycles. The molecular formula is C18H20O3. The first-order valence-corrected chi connectivity index (χ1v) is 6.99. The van der Waals surface area contributed by atoms with Crippen LogP contribution in [0.25, 0.3) is 0 Å². The Morgan fingerprint density at radius 1 is 1.10 bits per heavy atom. The molecule has 0 saturated heterocycles. The van der Waals surface area contributed by atoms with E-state index in [9.17, 15) is 4.79 Å². The molecule has 0 aliphatic rings. The van der Waals surface area contributed by atoms with Crippen LogP contribution in [0.1, 0.15) is 35.1 Å². The van der Waals surface area contributed by atoms with Crippen LogP contribution in [0.15, 0.2) is 42.5 Å². The molecule has 3 nitrogen and oxygen atoms in total. The molecule has 0 aliphatic carbocycles. The van der Waals surface area contributed by atoms with Gasteiger partial charge in [-0.3, -0.25) is 4.79 Å². The van der Waals surface area contributed by atoms with E-state index in [0.29, 0.717) is 6.61 Å². The smallest absolute Gasteiger partial charge is 0.310 e. The minimum atomic E-state index is -0.811. The molecule has 2 rings (SSSR count). The Morgan fingerprint density at radius 2 is 1.76 bits per heavy atom. The molecule has 21 heavy (non-hydrogen) atoms. The van der Waals surface area contributed by atoms with Gasteiger partial charge in [-0.05, 0) is 55.2 Å². The van der Waals surface area contributed by atoms with Gasteiger partial charge in [0.15, 0.2) is 0 Å². The third-order valence-corrected chi connectivity index (χ3v) is 3.73. The average Bonchev–Trinajstić information content (AvgIpc) is 2.48. The molecule has 2 aromatic rings. The minimum Gasteiger partial charge on any atom is -0.489 e. The first-order chi connectivity index (χ1) is 9.97.